The van der Waals surface area contributed by atoms with Gasteiger partial charge in [-0.05, 0) is 18.5 Å². The summed E-state index contributed by atoms with van der Waals surface area (Å²) in [5.74, 6) is 0.750. The van der Waals surface area contributed by atoms with E-state index in [1.165, 1.54) is 21.8 Å². The van der Waals surface area contributed by atoms with Crippen LogP contribution in [0.1, 0.15) is 11.1 Å². The average molecular weight is 301 g/mol. The molecule has 0 saturated carbocycles. The summed E-state index contributed by atoms with van der Waals surface area (Å²) < 4.78 is 1.28. The molecule has 0 fully saturated rings. The normalized spacial score (nSPS) is 11.1. The molecule has 0 radical (unpaired) electrons. The van der Waals surface area contributed by atoms with Gasteiger partial charge in [0.15, 0.2) is 10.8 Å². The Morgan fingerprint density at radius 2 is 2.10 bits per heavy atom. The minimum atomic E-state index is -0.279. The molecule has 0 aliphatic heterocycles. The molecular weight excluding hydrogens is 286 g/mol. The molecule has 21 heavy (non-hydrogen) atoms. The predicted molar refractivity (Wildman–Crippen MR) is 82.4 cm³/mol. The third kappa shape index (κ3) is 2.98. The number of hydrogen-bond acceptors (Lipinski definition) is 5. The first-order chi connectivity index (χ1) is 10.3. The van der Waals surface area contributed by atoms with Crippen molar-refractivity contribution in [2.45, 2.75) is 17.3 Å². The van der Waals surface area contributed by atoms with E-state index in [2.05, 4.69) is 15.1 Å². The molecule has 2 heterocycles. The van der Waals surface area contributed by atoms with Gasteiger partial charge in [0.05, 0.1) is 6.20 Å². The average Bonchev–Trinajstić information content (AvgIpc) is 2.90. The number of aromatic amines is 1. The second-order valence-corrected chi connectivity index (χ2v) is 5.53. The van der Waals surface area contributed by atoms with Crippen LogP contribution >= 0.6 is 11.8 Å². The minimum absolute atomic E-state index is 0.279. The zero-order chi connectivity index (χ0) is 14.7. The summed E-state index contributed by atoms with van der Waals surface area (Å²) in [7, 11) is 0. The van der Waals surface area contributed by atoms with Gasteiger partial charge in [-0.2, -0.15) is 9.61 Å². The van der Waals surface area contributed by atoms with Gasteiger partial charge in [-0.3, -0.25) is 4.98 Å². The molecule has 3 N–H and O–H groups in total. The Kier molecular flexibility index (Phi) is 4.03. The Labute approximate surface area is 125 Å². The van der Waals surface area contributed by atoms with Crippen molar-refractivity contribution in [1.82, 2.24) is 19.6 Å². The summed E-state index contributed by atoms with van der Waals surface area (Å²) >= 11 is 1.49. The summed E-state index contributed by atoms with van der Waals surface area (Å²) in [6, 6.07) is 10.0. The third-order valence-corrected chi connectivity index (χ3v) is 4.01. The van der Waals surface area contributed by atoms with Gasteiger partial charge in [0, 0.05) is 11.3 Å². The zero-order valence-corrected chi connectivity index (χ0v) is 12.1. The van der Waals surface area contributed by atoms with Crippen molar-refractivity contribution in [2.75, 3.05) is 6.54 Å². The molecule has 3 rings (SSSR count). The first kappa shape index (κ1) is 13.8. The number of rotatable bonds is 5. The molecule has 108 valence electrons. The van der Waals surface area contributed by atoms with E-state index in [1.54, 1.807) is 6.20 Å². The van der Waals surface area contributed by atoms with E-state index >= 15 is 0 Å². The SMILES string of the molecule is NCCc1cnn2c(=O)[nH]c(SCc3ccccc3)nc12. The Morgan fingerprint density at radius 3 is 2.86 bits per heavy atom. The van der Waals surface area contributed by atoms with Crippen LogP contribution in [0.25, 0.3) is 5.65 Å². The van der Waals surface area contributed by atoms with E-state index in [0.29, 0.717) is 23.8 Å². The summed E-state index contributed by atoms with van der Waals surface area (Å²) in [6.07, 6.45) is 2.30. The molecule has 3 aromatic rings. The van der Waals surface area contributed by atoms with Gasteiger partial charge in [0.2, 0.25) is 0 Å². The smallest absolute Gasteiger partial charge is 0.330 e. The minimum Gasteiger partial charge on any atom is -0.330 e. The molecule has 0 unspecified atom stereocenters. The molecule has 0 aliphatic carbocycles. The molecule has 0 amide bonds. The fourth-order valence-corrected chi connectivity index (χ4v) is 2.84. The highest BCUT2D eigenvalue weighted by atomic mass is 32.2. The predicted octanol–water partition coefficient (Wildman–Crippen LogP) is 1.21. The number of H-pyrrole nitrogens is 1. The fraction of sp³-hybridized carbons (Fsp3) is 0.214. The molecule has 0 atom stereocenters. The van der Waals surface area contributed by atoms with E-state index in [9.17, 15) is 4.79 Å². The van der Waals surface area contributed by atoms with E-state index in [4.69, 9.17) is 5.73 Å². The number of nitrogens with zero attached hydrogens (tertiary/aromatic N) is 3. The molecule has 1 aromatic carbocycles. The van der Waals surface area contributed by atoms with Crippen molar-refractivity contribution in [1.29, 1.82) is 0 Å². The summed E-state index contributed by atoms with van der Waals surface area (Å²) in [4.78, 5) is 19.2. The van der Waals surface area contributed by atoms with Gasteiger partial charge in [0.25, 0.3) is 0 Å². The number of aromatic nitrogens is 4. The molecule has 6 nitrogen and oxygen atoms in total. The second kappa shape index (κ2) is 6.11. The van der Waals surface area contributed by atoms with Crippen LogP contribution in [-0.4, -0.2) is 26.1 Å². The van der Waals surface area contributed by atoms with Gasteiger partial charge in [0.1, 0.15) is 0 Å². The molecule has 0 bridgehead atoms. The van der Waals surface area contributed by atoms with Crippen LogP contribution < -0.4 is 11.4 Å². The maximum absolute atomic E-state index is 12.0. The van der Waals surface area contributed by atoms with Gasteiger partial charge >= 0.3 is 5.69 Å². The van der Waals surface area contributed by atoms with Crippen molar-refractivity contribution in [3.63, 3.8) is 0 Å². The second-order valence-electron chi connectivity index (χ2n) is 4.57. The van der Waals surface area contributed by atoms with Crippen molar-refractivity contribution >= 4 is 17.4 Å². The Bertz CT molecular complexity index is 796. The van der Waals surface area contributed by atoms with E-state index in [-0.39, 0.29) is 5.69 Å². The monoisotopic (exact) mass is 301 g/mol. The van der Waals surface area contributed by atoms with Crippen molar-refractivity contribution < 1.29 is 0 Å². The standard InChI is InChI=1S/C14H15N5OS/c15-7-6-11-8-16-19-12(11)17-13(18-14(19)20)21-9-10-4-2-1-3-5-10/h1-5,8H,6-7,9,15H2,(H,17,18,20). The summed E-state index contributed by atoms with van der Waals surface area (Å²) in [6.45, 7) is 0.502. The lowest BCUT2D eigenvalue weighted by Gasteiger charge is -2.02. The zero-order valence-electron chi connectivity index (χ0n) is 11.3. The number of nitrogens with one attached hydrogen (secondary N) is 1. The first-order valence-corrected chi connectivity index (χ1v) is 7.60. The van der Waals surface area contributed by atoms with E-state index < -0.39 is 0 Å². The number of thioether (sulfide) groups is 1. The highest BCUT2D eigenvalue weighted by molar-refractivity contribution is 7.98. The van der Waals surface area contributed by atoms with E-state index in [1.807, 2.05) is 30.3 Å². The van der Waals surface area contributed by atoms with Gasteiger partial charge in [-0.25, -0.2) is 9.78 Å². The van der Waals surface area contributed by atoms with Crippen molar-refractivity contribution in [3.8, 4) is 0 Å². The molecule has 7 heteroatoms. The van der Waals surface area contributed by atoms with Crippen LogP contribution in [0.2, 0.25) is 0 Å². The number of nitrogens with two attached hydrogens (primary N) is 1. The first-order valence-electron chi connectivity index (χ1n) is 6.61. The topological polar surface area (TPSA) is 89.1 Å². The highest BCUT2D eigenvalue weighted by Crippen LogP contribution is 2.19. The van der Waals surface area contributed by atoms with Crippen LogP contribution in [-0.2, 0) is 12.2 Å². The Balaban J connectivity index is 1.88. The quantitative estimate of drug-likeness (QED) is 0.691. The van der Waals surface area contributed by atoms with Crippen LogP contribution in [0.15, 0.2) is 46.5 Å². The molecule has 0 aliphatic rings. The Morgan fingerprint density at radius 1 is 1.29 bits per heavy atom. The lowest BCUT2D eigenvalue weighted by molar-refractivity contribution is 0.785. The maximum atomic E-state index is 12.0. The summed E-state index contributed by atoms with van der Waals surface area (Å²) in [5, 5.41) is 4.63. The molecule has 0 spiro atoms. The highest BCUT2D eigenvalue weighted by Gasteiger charge is 2.10. The van der Waals surface area contributed by atoms with Crippen LogP contribution in [0.3, 0.4) is 0 Å². The van der Waals surface area contributed by atoms with Gasteiger partial charge < -0.3 is 5.73 Å². The molecular formula is C14H15N5OS. The van der Waals surface area contributed by atoms with Crippen LogP contribution in [0.5, 0.6) is 0 Å². The number of fused-ring (bicyclic) bond motifs is 1. The molecule has 0 saturated heterocycles. The summed E-state index contributed by atoms with van der Waals surface area (Å²) in [5.41, 5.74) is 7.94. The van der Waals surface area contributed by atoms with Gasteiger partial charge in [-0.15, -0.1) is 0 Å². The lowest BCUT2D eigenvalue weighted by atomic mass is 10.2. The Hall–Kier alpha value is -2.12. The fourth-order valence-electron chi connectivity index (χ4n) is 2.04. The lowest BCUT2D eigenvalue weighted by Crippen LogP contribution is -2.19. The van der Waals surface area contributed by atoms with Crippen molar-refractivity contribution in [2.24, 2.45) is 5.73 Å². The van der Waals surface area contributed by atoms with Crippen LogP contribution in [0.4, 0.5) is 0 Å². The maximum Gasteiger partial charge on any atom is 0.350 e. The van der Waals surface area contributed by atoms with Crippen molar-refractivity contribution in [3.05, 3.63) is 58.1 Å². The largest absolute Gasteiger partial charge is 0.350 e. The van der Waals surface area contributed by atoms with Crippen LogP contribution in [0, 0.1) is 0 Å². The molecule has 2 aromatic heterocycles. The number of hydrogen-bond donors (Lipinski definition) is 2. The third-order valence-electron chi connectivity index (χ3n) is 3.06. The number of benzene rings is 1. The van der Waals surface area contributed by atoms with E-state index in [0.717, 1.165) is 11.3 Å². The van der Waals surface area contributed by atoms with Gasteiger partial charge in [-0.1, -0.05) is 42.1 Å².